The average Bonchev–Trinajstić information content (AvgIpc) is 3.06. The van der Waals surface area contributed by atoms with Crippen LogP contribution in [0.4, 0.5) is 0 Å². The summed E-state index contributed by atoms with van der Waals surface area (Å²) >= 11 is 1.89. The molecule has 0 N–H and O–H groups in total. The zero-order chi connectivity index (χ0) is 17.8. The van der Waals surface area contributed by atoms with Gasteiger partial charge in [0.1, 0.15) is 0 Å². The van der Waals surface area contributed by atoms with Crippen molar-refractivity contribution in [1.29, 1.82) is 0 Å². The van der Waals surface area contributed by atoms with E-state index in [4.69, 9.17) is 0 Å². The SMILES string of the molecule is c1ccc2c(c1)Cc1ccc(-n3c4ccccc4c4ccccc43)cc1S2. The molecule has 0 saturated carbocycles. The van der Waals surface area contributed by atoms with Gasteiger partial charge in [0.2, 0.25) is 0 Å². The molecule has 0 fully saturated rings. The number of aromatic nitrogens is 1. The highest BCUT2D eigenvalue weighted by molar-refractivity contribution is 7.99. The van der Waals surface area contributed by atoms with Crippen LogP contribution in [-0.4, -0.2) is 4.57 Å². The Labute approximate surface area is 162 Å². The molecule has 1 aromatic heterocycles. The van der Waals surface area contributed by atoms with Gasteiger partial charge in [-0.3, -0.25) is 0 Å². The first-order valence-electron chi connectivity index (χ1n) is 9.26. The molecule has 2 heterocycles. The molecule has 0 saturated heterocycles. The summed E-state index contributed by atoms with van der Waals surface area (Å²) in [6, 6.07) is 33.0. The van der Waals surface area contributed by atoms with Crippen LogP contribution in [0.3, 0.4) is 0 Å². The highest BCUT2D eigenvalue weighted by Crippen LogP contribution is 2.41. The summed E-state index contributed by atoms with van der Waals surface area (Å²) in [6.45, 7) is 0. The Hall–Kier alpha value is -2.97. The minimum Gasteiger partial charge on any atom is -0.309 e. The van der Waals surface area contributed by atoms with E-state index >= 15 is 0 Å². The number of hydrogen-bond acceptors (Lipinski definition) is 1. The Kier molecular flexibility index (Phi) is 3.23. The number of nitrogens with zero attached hydrogens (tertiary/aromatic N) is 1. The van der Waals surface area contributed by atoms with Crippen LogP contribution in [0.25, 0.3) is 27.5 Å². The molecule has 128 valence electrons. The fourth-order valence-electron chi connectivity index (χ4n) is 4.20. The maximum absolute atomic E-state index is 2.39. The summed E-state index contributed by atoms with van der Waals surface area (Å²) in [5, 5.41) is 2.62. The number of benzene rings is 4. The van der Waals surface area contributed by atoms with Crippen molar-refractivity contribution < 1.29 is 0 Å². The van der Waals surface area contributed by atoms with Crippen molar-refractivity contribution in [2.24, 2.45) is 0 Å². The summed E-state index contributed by atoms with van der Waals surface area (Å²) in [5.74, 6) is 0. The van der Waals surface area contributed by atoms with Gasteiger partial charge in [0.15, 0.2) is 0 Å². The van der Waals surface area contributed by atoms with Gasteiger partial charge in [0, 0.05) is 26.3 Å². The maximum Gasteiger partial charge on any atom is 0.0541 e. The Bertz CT molecular complexity index is 1280. The van der Waals surface area contributed by atoms with E-state index < -0.39 is 0 Å². The van der Waals surface area contributed by atoms with Crippen LogP contribution in [0.1, 0.15) is 11.1 Å². The number of rotatable bonds is 1. The fraction of sp³-hybridized carbons (Fsp3) is 0.0400. The summed E-state index contributed by atoms with van der Waals surface area (Å²) in [7, 11) is 0. The maximum atomic E-state index is 2.39. The topological polar surface area (TPSA) is 4.93 Å². The zero-order valence-corrected chi connectivity index (χ0v) is 15.5. The lowest BCUT2D eigenvalue weighted by molar-refractivity contribution is 1.04. The minimum atomic E-state index is 1.02. The van der Waals surface area contributed by atoms with E-state index in [-0.39, 0.29) is 0 Å². The summed E-state index contributed by atoms with van der Waals surface area (Å²) in [5.41, 5.74) is 6.61. The van der Waals surface area contributed by atoms with Crippen LogP contribution >= 0.6 is 11.8 Å². The Morgan fingerprint density at radius 2 is 1.22 bits per heavy atom. The molecule has 6 rings (SSSR count). The zero-order valence-electron chi connectivity index (χ0n) is 14.7. The standard InChI is InChI=1S/C25H17NS/c1-6-12-24-17(7-1)15-18-13-14-19(16-25(18)27-24)26-22-10-4-2-8-20(22)21-9-3-5-11-23(21)26/h1-14,16H,15H2. The van der Waals surface area contributed by atoms with E-state index in [1.165, 1.54) is 48.4 Å². The average molecular weight is 363 g/mol. The van der Waals surface area contributed by atoms with Gasteiger partial charge in [-0.15, -0.1) is 0 Å². The molecule has 0 unspecified atom stereocenters. The van der Waals surface area contributed by atoms with Crippen molar-refractivity contribution in [3.8, 4) is 5.69 Å². The number of para-hydroxylation sites is 2. The Morgan fingerprint density at radius 1 is 0.593 bits per heavy atom. The van der Waals surface area contributed by atoms with E-state index in [1.54, 1.807) is 0 Å². The summed E-state index contributed by atoms with van der Waals surface area (Å²) in [4.78, 5) is 2.75. The van der Waals surface area contributed by atoms with Gasteiger partial charge < -0.3 is 4.57 Å². The predicted molar refractivity (Wildman–Crippen MR) is 114 cm³/mol. The first-order chi connectivity index (χ1) is 13.4. The van der Waals surface area contributed by atoms with Gasteiger partial charge >= 0.3 is 0 Å². The summed E-state index contributed by atoms with van der Waals surface area (Å²) < 4.78 is 2.39. The quantitative estimate of drug-likeness (QED) is 0.310. The second kappa shape index (κ2) is 5.77. The van der Waals surface area contributed by atoms with Crippen molar-refractivity contribution in [3.63, 3.8) is 0 Å². The van der Waals surface area contributed by atoms with Crippen molar-refractivity contribution in [2.45, 2.75) is 16.2 Å². The minimum absolute atomic E-state index is 1.02. The molecule has 0 atom stereocenters. The highest BCUT2D eigenvalue weighted by Gasteiger charge is 2.18. The molecule has 1 aliphatic heterocycles. The van der Waals surface area contributed by atoms with Crippen molar-refractivity contribution in [3.05, 3.63) is 102 Å². The summed E-state index contributed by atoms with van der Waals surface area (Å²) in [6.07, 6.45) is 1.02. The van der Waals surface area contributed by atoms with Crippen molar-refractivity contribution in [2.75, 3.05) is 0 Å². The van der Waals surface area contributed by atoms with E-state index in [0.717, 1.165) is 6.42 Å². The normalized spacial score (nSPS) is 12.9. The molecule has 4 aromatic carbocycles. The lowest BCUT2D eigenvalue weighted by Gasteiger charge is -2.20. The first-order valence-corrected chi connectivity index (χ1v) is 10.1. The van der Waals surface area contributed by atoms with Crippen LogP contribution in [0.5, 0.6) is 0 Å². The van der Waals surface area contributed by atoms with E-state index in [1.807, 2.05) is 11.8 Å². The van der Waals surface area contributed by atoms with Crippen LogP contribution in [-0.2, 0) is 6.42 Å². The van der Waals surface area contributed by atoms with Gasteiger partial charge in [0.05, 0.1) is 11.0 Å². The van der Waals surface area contributed by atoms with Gasteiger partial charge in [-0.2, -0.15) is 0 Å². The van der Waals surface area contributed by atoms with Crippen molar-refractivity contribution >= 4 is 33.6 Å². The fourth-order valence-corrected chi connectivity index (χ4v) is 5.30. The highest BCUT2D eigenvalue weighted by atomic mass is 32.2. The molecule has 1 aliphatic rings. The van der Waals surface area contributed by atoms with Gasteiger partial charge in [-0.25, -0.2) is 0 Å². The molecule has 0 bridgehead atoms. The molecule has 2 heteroatoms. The second-order valence-electron chi connectivity index (χ2n) is 7.05. The number of fused-ring (bicyclic) bond motifs is 5. The predicted octanol–water partition coefficient (Wildman–Crippen LogP) is 6.84. The smallest absolute Gasteiger partial charge is 0.0541 e. The van der Waals surface area contributed by atoms with Crippen LogP contribution in [0.15, 0.2) is 101 Å². The van der Waals surface area contributed by atoms with E-state index in [0.29, 0.717) is 0 Å². The third-order valence-electron chi connectivity index (χ3n) is 5.46. The van der Waals surface area contributed by atoms with Crippen LogP contribution < -0.4 is 0 Å². The van der Waals surface area contributed by atoms with E-state index in [2.05, 4.69) is 95.6 Å². The van der Waals surface area contributed by atoms with E-state index in [9.17, 15) is 0 Å². The monoisotopic (exact) mass is 363 g/mol. The third kappa shape index (κ3) is 2.27. The van der Waals surface area contributed by atoms with Gasteiger partial charge in [-0.05, 0) is 47.9 Å². The Balaban J connectivity index is 1.59. The molecule has 27 heavy (non-hydrogen) atoms. The second-order valence-corrected chi connectivity index (χ2v) is 8.13. The molecule has 5 aromatic rings. The molecular weight excluding hydrogens is 346 g/mol. The molecule has 0 aliphatic carbocycles. The molecular formula is C25H17NS. The lowest BCUT2D eigenvalue weighted by atomic mass is 10.0. The van der Waals surface area contributed by atoms with Gasteiger partial charge in [-0.1, -0.05) is 72.4 Å². The molecule has 0 amide bonds. The third-order valence-corrected chi connectivity index (χ3v) is 6.68. The van der Waals surface area contributed by atoms with Crippen LogP contribution in [0.2, 0.25) is 0 Å². The Morgan fingerprint density at radius 3 is 2.00 bits per heavy atom. The van der Waals surface area contributed by atoms with Crippen molar-refractivity contribution in [1.82, 2.24) is 4.57 Å². The molecule has 0 spiro atoms. The number of hydrogen-bond donors (Lipinski definition) is 0. The van der Waals surface area contributed by atoms with Crippen LogP contribution in [0, 0.1) is 0 Å². The lowest BCUT2D eigenvalue weighted by Crippen LogP contribution is -2.01. The first kappa shape index (κ1) is 15.1. The molecule has 1 nitrogen and oxygen atoms in total. The molecule has 0 radical (unpaired) electrons. The van der Waals surface area contributed by atoms with Gasteiger partial charge in [0.25, 0.3) is 0 Å². The largest absolute Gasteiger partial charge is 0.309 e.